The van der Waals surface area contributed by atoms with Gasteiger partial charge in [-0.2, -0.15) is 0 Å². The Morgan fingerprint density at radius 2 is 2.20 bits per heavy atom. The Labute approximate surface area is 122 Å². The highest BCUT2D eigenvalue weighted by molar-refractivity contribution is 7.10. The smallest absolute Gasteiger partial charge is 0.328 e. The van der Waals surface area contributed by atoms with Gasteiger partial charge in [-0.1, -0.05) is 11.8 Å². The number of imidazole rings is 1. The molecular weight excluding hydrogens is 272 g/mol. The van der Waals surface area contributed by atoms with Gasteiger partial charge in [0.05, 0.1) is 13.2 Å². The Hall–Kier alpha value is -1.77. The van der Waals surface area contributed by atoms with Crippen LogP contribution >= 0.6 is 11.3 Å². The lowest BCUT2D eigenvalue weighted by molar-refractivity contribution is 0.305. The summed E-state index contributed by atoms with van der Waals surface area (Å²) in [6.07, 6.45) is 4.13. The Bertz CT molecular complexity index is 683. The van der Waals surface area contributed by atoms with Crippen molar-refractivity contribution in [3.8, 4) is 11.8 Å². The van der Waals surface area contributed by atoms with Gasteiger partial charge in [-0.25, -0.2) is 4.79 Å². The summed E-state index contributed by atoms with van der Waals surface area (Å²) in [5.41, 5.74) is 0.955. The molecule has 1 N–H and O–H groups in total. The maximum atomic E-state index is 12.1. The molecule has 0 aliphatic carbocycles. The van der Waals surface area contributed by atoms with Crippen molar-refractivity contribution in [2.75, 3.05) is 6.61 Å². The molecule has 0 aliphatic rings. The van der Waals surface area contributed by atoms with Crippen molar-refractivity contribution in [2.24, 2.45) is 0 Å². The minimum Gasteiger partial charge on any atom is -0.395 e. The van der Waals surface area contributed by atoms with Crippen molar-refractivity contribution in [1.29, 1.82) is 0 Å². The van der Waals surface area contributed by atoms with Crippen LogP contribution in [-0.4, -0.2) is 20.8 Å². The largest absolute Gasteiger partial charge is 0.395 e. The third-order valence-electron chi connectivity index (χ3n) is 2.88. The summed E-state index contributed by atoms with van der Waals surface area (Å²) in [4.78, 5) is 13.2. The van der Waals surface area contributed by atoms with E-state index in [9.17, 15) is 4.79 Å². The minimum atomic E-state index is 0.0151. The van der Waals surface area contributed by atoms with Crippen molar-refractivity contribution in [1.82, 2.24) is 9.13 Å². The predicted molar refractivity (Wildman–Crippen MR) is 81.1 cm³/mol. The molecule has 0 aromatic carbocycles. The van der Waals surface area contributed by atoms with Gasteiger partial charge in [0, 0.05) is 40.7 Å². The van der Waals surface area contributed by atoms with Crippen LogP contribution in [0.3, 0.4) is 0 Å². The normalized spacial score (nSPS) is 10.6. The molecule has 2 rings (SSSR count). The van der Waals surface area contributed by atoms with Crippen LogP contribution in [0, 0.1) is 11.8 Å². The van der Waals surface area contributed by atoms with Crippen LogP contribution in [0.4, 0.5) is 0 Å². The molecule has 0 bridgehead atoms. The summed E-state index contributed by atoms with van der Waals surface area (Å²) in [6, 6.07) is 2.17. The zero-order chi connectivity index (χ0) is 14.5. The van der Waals surface area contributed by atoms with Gasteiger partial charge in [-0.3, -0.25) is 9.13 Å². The van der Waals surface area contributed by atoms with Crippen LogP contribution in [0.25, 0.3) is 0 Å². The lowest BCUT2D eigenvalue weighted by Gasteiger charge is -2.04. The molecule has 20 heavy (non-hydrogen) atoms. The standard InChI is InChI=1S/C15H18N2O2S/c1-12(2)17-7-6-16(15(17)19)10-14-9-13(11-20-14)5-3-4-8-18/h6-7,9,11-12,18H,4,8,10H2,1-2H3. The molecule has 2 aromatic rings. The second kappa shape index (κ2) is 6.60. The van der Waals surface area contributed by atoms with E-state index in [2.05, 4.69) is 11.8 Å². The molecule has 5 heteroatoms. The van der Waals surface area contributed by atoms with E-state index < -0.39 is 0 Å². The number of thiophene rings is 1. The molecule has 0 radical (unpaired) electrons. The van der Waals surface area contributed by atoms with Gasteiger partial charge in [0.2, 0.25) is 0 Å². The van der Waals surface area contributed by atoms with Gasteiger partial charge in [0.25, 0.3) is 0 Å². The van der Waals surface area contributed by atoms with Gasteiger partial charge in [-0.15, -0.1) is 11.3 Å². The fourth-order valence-electron chi connectivity index (χ4n) is 1.86. The predicted octanol–water partition coefficient (Wildman–Crippen LogP) is 2.07. The van der Waals surface area contributed by atoms with Gasteiger partial charge in [0.1, 0.15) is 0 Å². The Balaban J connectivity index is 2.12. The first-order valence-corrected chi connectivity index (χ1v) is 7.44. The molecule has 0 fully saturated rings. The maximum absolute atomic E-state index is 12.1. The first kappa shape index (κ1) is 14.6. The summed E-state index contributed by atoms with van der Waals surface area (Å²) in [5.74, 6) is 5.89. The number of aliphatic hydroxyl groups excluding tert-OH is 1. The van der Waals surface area contributed by atoms with Gasteiger partial charge in [0.15, 0.2) is 0 Å². The highest BCUT2D eigenvalue weighted by Gasteiger charge is 2.07. The molecule has 0 aliphatic heterocycles. The molecule has 0 unspecified atom stereocenters. The summed E-state index contributed by atoms with van der Waals surface area (Å²) in [6.45, 7) is 4.64. The van der Waals surface area contributed by atoms with Crippen molar-refractivity contribution >= 4 is 11.3 Å². The Kier molecular flexibility index (Phi) is 4.83. The van der Waals surface area contributed by atoms with Gasteiger partial charge in [-0.05, 0) is 19.9 Å². The number of aliphatic hydroxyl groups is 1. The maximum Gasteiger partial charge on any atom is 0.328 e. The van der Waals surface area contributed by atoms with Crippen LogP contribution in [0.1, 0.15) is 36.8 Å². The molecule has 106 valence electrons. The van der Waals surface area contributed by atoms with Crippen LogP contribution < -0.4 is 5.69 Å². The Morgan fingerprint density at radius 1 is 1.40 bits per heavy atom. The number of hydrogen-bond donors (Lipinski definition) is 1. The number of nitrogens with zero attached hydrogens (tertiary/aromatic N) is 2. The average molecular weight is 290 g/mol. The SMILES string of the molecule is CC(C)n1ccn(Cc2cc(C#CCCO)cs2)c1=O. The van der Waals surface area contributed by atoms with Gasteiger partial charge >= 0.3 is 5.69 Å². The van der Waals surface area contributed by atoms with Crippen molar-refractivity contribution in [3.63, 3.8) is 0 Å². The highest BCUT2D eigenvalue weighted by atomic mass is 32.1. The molecule has 0 atom stereocenters. The second-order valence-electron chi connectivity index (χ2n) is 4.79. The van der Waals surface area contributed by atoms with Crippen molar-refractivity contribution in [2.45, 2.75) is 32.9 Å². The van der Waals surface area contributed by atoms with Crippen LogP contribution in [0.5, 0.6) is 0 Å². The third kappa shape index (κ3) is 3.41. The van der Waals surface area contributed by atoms with E-state index in [1.165, 1.54) is 0 Å². The average Bonchev–Trinajstić information content (AvgIpc) is 2.99. The lowest BCUT2D eigenvalue weighted by atomic mass is 10.3. The van der Waals surface area contributed by atoms with E-state index in [0.717, 1.165) is 10.4 Å². The molecule has 2 heterocycles. The van der Waals surface area contributed by atoms with Crippen LogP contribution in [-0.2, 0) is 6.54 Å². The molecule has 0 amide bonds. The summed E-state index contributed by atoms with van der Waals surface area (Å²) in [7, 11) is 0. The third-order valence-corrected chi connectivity index (χ3v) is 3.80. The summed E-state index contributed by atoms with van der Waals surface area (Å²) < 4.78 is 3.42. The van der Waals surface area contributed by atoms with E-state index in [1.54, 1.807) is 20.5 Å². The number of aromatic nitrogens is 2. The molecule has 4 nitrogen and oxygen atoms in total. The van der Waals surface area contributed by atoms with E-state index in [0.29, 0.717) is 13.0 Å². The van der Waals surface area contributed by atoms with Crippen LogP contribution in [0.15, 0.2) is 28.6 Å². The molecule has 0 spiro atoms. The van der Waals surface area contributed by atoms with Gasteiger partial charge < -0.3 is 5.11 Å². The van der Waals surface area contributed by atoms with Crippen molar-refractivity contribution in [3.05, 3.63) is 44.8 Å². The lowest BCUT2D eigenvalue weighted by Crippen LogP contribution is -2.25. The summed E-state index contributed by atoms with van der Waals surface area (Å²) in [5, 5.41) is 10.7. The molecule has 0 saturated heterocycles. The van der Waals surface area contributed by atoms with E-state index in [-0.39, 0.29) is 18.3 Å². The first-order valence-electron chi connectivity index (χ1n) is 6.56. The topological polar surface area (TPSA) is 47.2 Å². The van der Waals surface area contributed by atoms with E-state index >= 15 is 0 Å². The van der Waals surface area contributed by atoms with E-state index in [1.807, 2.05) is 37.7 Å². The Morgan fingerprint density at radius 3 is 2.85 bits per heavy atom. The number of hydrogen-bond acceptors (Lipinski definition) is 3. The van der Waals surface area contributed by atoms with Crippen molar-refractivity contribution < 1.29 is 5.11 Å². The first-order chi connectivity index (χ1) is 9.61. The minimum absolute atomic E-state index is 0.0151. The van der Waals surface area contributed by atoms with Crippen LogP contribution in [0.2, 0.25) is 0 Å². The fourth-order valence-corrected chi connectivity index (χ4v) is 2.67. The van der Waals surface area contributed by atoms with E-state index in [4.69, 9.17) is 5.11 Å². The fraction of sp³-hybridized carbons (Fsp3) is 0.400. The highest BCUT2D eigenvalue weighted by Crippen LogP contribution is 2.15. The monoisotopic (exact) mass is 290 g/mol. The molecular formula is C15H18N2O2S. The zero-order valence-corrected chi connectivity index (χ0v) is 12.5. The molecule has 2 aromatic heterocycles. The number of rotatable bonds is 4. The second-order valence-corrected chi connectivity index (χ2v) is 5.78. The molecule has 0 saturated carbocycles. The summed E-state index contributed by atoms with van der Waals surface area (Å²) >= 11 is 1.59. The zero-order valence-electron chi connectivity index (χ0n) is 11.7. The quantitative estimate of drug-likeness (QED) is 0.876.